The molecule has 0 unspecified atom stereocenters. The van der Waals surface area contributed by atoms with Crippen molar-refractivity contribution in [1.82, 2.24) is 0 Å². The third kappa shape index (κ3) is 2.49. The quantitative estimate of drug-likeness (QED) is 0.733. The Bertz CT molecular complexity index is 302. The van der Waals surface area contributed by atoms with E-state index in [1.54, 1.807) is 13.2 Å². The molecule has 0 aliphatic rings. The minimum absolute atomic E-state index is 0.289. The van der Waals surface area contributed by atoms with Gasteiger partial charge in [0, 0.05) is 6.07 Å². The lowest BCUT2D eigenvalue weighted by atomic mass is 10.3. The summed E-state index contributed by atoms with van der Waals surface area (Å²) in [6.07, 6.45) is 0. The summed E-state index contributed by atoms with van der Waals surface area (Å²) in [7, 11) is 0.261. The van der Waals surface area contributed by atoms with Crippen LogP contribution in [-0.2, 0) is 0 Å². The van der Waals surface area contributed by atoms with Gasteiger partial charge in [0.15, 0.2) is 0 Å². The molecule has 1 aromatic rings. The number of ether oxygens (including phenoxy) is 1. The van der Waals surface area contributed by atoms with Crippen LogP contribution in [0.2, 0.25) is 19.6 Å². The lowest BCUT2D eigenvalue weighted by Crippen LogP contribution is -2.37. The maximum atomic E-state index is 9.43. The molecule has 0 fully saturated rings. The van der Waals surface area contributed by atoms with Gasteiger partial charge in [-0.15, -0.1) is 0 Å². The lowest BCUT2D eigenvalue weighted by Gasteiger charge is -2.17. The zero-order chi connectivity index (χ0) is 10.1. The summed E-state index contributed by atoms with van der Waals surface area (Å²) in [5, 5.41) is 10.6. The number of benzene rings is 1. The predicted octanol–water partition coefficient (Wildman–Crippen LogP) is 1.95. The normalized spacial score (nSPS) is 11.4. The summed E-state index contributed by atoms with van der Waals surface area (Å²) in [5.74, 6) is 1.02. The van der Waals surface area contributed by atoms with Crippen molar-refractivity contribution in [2.24, 2.45) is 0 Å². The first-order valence-electron chi connectivity index (χ1n) is 4.32. The average Bonchev–Trinajstić information content (AvgIpc) is 2.01. The lowest BCUT2D eigenvalue weighted by molar-refractivity contribution is 0.408. The van der Waals surface area contributed by atoms with Gasteiger partial charge in [-0.05, 0) is 12.1 Å². The van der Waals surface area contributed by atoms with Crippen molar-refractivity contribution in [3.05, 3.63) is 18.2 Å². The van der Waals surface area contributed by atoms with E-state index in [0.717, 1.165) is 5.75 Å². The third-order valence-corrected chi connectivity index (χ3v) is 4.01. The highest BCUT2D eigenvalue weighted by atomic mass is 28.3. The van der Waals surface area contributed by atoms with Crippen LogP contribution in [0.4, 0.5) is 0 Å². The molecule has 1 aromatic carbocycles. The molecule has 0 aliphatic heterocycles. The van der Waals surface area contributed by atoms with E-state index in [4.69, 9.17) is 4.74 Å². The minimum atomic E-state index is -1.35. The summed E-state index contributed by atoms with van der Waals surface area (Å²) in [4.78, 5) is 0. The Morgan fingerprint density at radius 1 is 1.15 bits per heavy atom. The molecular weight excluding hydrogens is 180 g/mol. The highest BCUT2D eigenvalue weighted by molar-refractivity contribution is 6.88. The van der Waals surface area contributed by atoms with Crippen molar-refractivity contribution in [3.8, 4) is 11.5 Å². The number of phenolic OH excluding ortho intramolecular Hbond substituents is 1. The molecule has 72 valence electrons. The minimum Gasteiger partial charge on any atom is -0.508 e. The first kappa shape index (κ1) is 10.1. The van der Waals surface area contributed by atoms with Crippen molar-refractivity contribution in [1.29, 1.82) is 0 Å². The Balaban J connectivity index is 3.16. The van der Waals surface area contributed by atoms with Gasteiger partial charge in [-0.1, -0.05) is 24.8 Å². The first-order valence-corrected chi connectivity index (χ1v) is 7.82. The SMILES string of the molecule is COc1cc(O)cc([Si](C)(C)C)c1. The molecule has 0 amide bonds. The number of hydrogen-bond donors (Lipinski definition) is 1. The summed E-state index contributed by atoms with van der Waals surface area (Å²) in [6, 6.07) is 5.46. The molecule has 0 bridgehead atoms. The van der Waals surface area contributed by atoms with E-state index in [2.05, 4.69) is 19.6 Å². The van der Waals surface area contributed by atoms with Gasteiger partial charge >= 0.3 is 0 Å². The molecule has 2 nitrogen and oxygen atoms in total. The van der Waals surface area contributed by atoms with Crippen LogP contribution in [0.25, 0.3) is 0 Å². The van der Waals surface area contributed by atoms with E-state index in [9.17, 15) is 5.11 Å². The summed E-state index contributed by atoms with van der Waals surface area (Å²) >= 11 is 0. The Morgan fingerprint density at radius 3 is 2.23 bits per heavy atom. The Labute approximate surface area is 80.2 Å². The van der Waals surface area contributed by atoms with Crippen molar-refractivity contribution in [2.45, 2.75) is 19.6 Å². The molecule has 0 saturated carbocycles. The standard InChI is InChI=1S/C10H16O2Si/c1-12-9-5-8(11)6-10(7-9)13(2,3)4/h5-7,11H,1-4H3. The van der Waals surface area contributed by atoms with Gasteiger partial charge in [0.1, 0.15) is 11.5 Å². The van der Waals surface area contributed by atoms with Crippen LogP contribution in [0, 0.1) is 0 Å². The van der Waals surface area contributed by atoms with Crippen LogP contribution in [0.5, 0.6) is 11.5 Å². The molecule has 1 rings (SSSR count). The van der Waals surface area contributed by atoms with Crippen molar-refractivity contribution < 1.29 is 9.84 Å². The van der Waals surface area contributed by atoms with Gasteiger partial charge in [0.2, 0.25) is 0 Å². The van der Waals surface area contributed by atoms with Crippen molar-refractivity contribution in [2.75, 3.05) is 7.11 Å². The summed E-state index contributed by atoms with van der Waals surface area (Å²) in [5.41, 5.74) is 0. The first-order chi connectivity index (χ1) is 5.93. The molecule has 0 heterocycles. The molecule has 0 atom stereocenters. The molecule has 1 N–H and O–H groups in total. The molecular formula is C10H16O2Si. The maximum Gasteiger partial charge on any atom is 0.122 e. The highest BCUT2D eigenvalue weighted by Gasteiger charge is 2.17. The predicted molar refractivity (Wildman–Crippen MR) is 57.6 cm³/mol. The summed E-state index contributed by atoms with van der Waals surface area (Å²) < 4.78 is 5.09. The molecule has 0 saturated heterocycles. The number of rotatable bonds is 2. The van der Waals surface area contributed by atoms with E-state index in [1.165, 1.54) is 5.19 Å². The summed E-state index contributed by atoms with van der Waals surface area (Å²) in [6.45, 7) is 6.71. The number of methoxy groups -OCH3 is 1. The number of aromatic hydroxyl groups is 1. The monoisotopic (exact) mass is 196 g/mol. The molecule has 0 radical (unpaired) electrons. The molecule has 13 heavy (non-hydrogen) atoms. The van der Waals surface area contributed by atoms with Crippen molar-refractivity contribution >= 4 is 13.3 Å². The topological polar surface area (TPSA) is 29.5 Å². The zero-order valence-corrected chi connectivity index (χ0v) is 9.59. The Morgan fingerprint density at radius 2 is 1.77 bits per heavy atom. The highest BCUT2D eigenvalue weighted by Crippen LogP contribution is 2.18. The fourth-order valence-corrected chi connectivity index (χ4v) is 2.29. The second-order valence-electron chi connectivity index (χ2n) is 4.17. The van der Waals surface area contributed by atoms with Gasteiger partial charge in [-0.25, -0.2) is 0 Å². The average molecular weight is 196 g/mol. The maximum absolute atomic E-state index is 9.43. The smallest absolute Gasteiger partial charge is 0.122 e. The van der Waals surface area contributed by atoms with Gasteiger partial charge < -0.3 is 9.84 Å². The van der Waals surface area contributed by atoms with Crippen LogP contribution in [0.3, 0.4) is 0 Å². The van der Waals surface area contributed by atoms with Crippen LogP contribution in [0.1, 0.15) is 0 Å². The second-order valence-corrected chi connectivity index (χ2v) is 9.25. The Kier molecular flexibility index (Phi) is 2.66. The van der Waals surface area contributed by atoms with Crippen LogP contribution < -0.4 is 9.92 Å². The molecule has 0 spiro atoms. The number of phenols is 1. The molecule has 0 aliphatic carbocycles. The van der Waals surface area contributed by atoms with E-state index >= 15 is 0 Å². The van der Waals surface area contributed by atoms with Crippen LogP contribution >= 0.6 is 0 Å². The fourth-order valence-electron chi connectivity index (χ4n) is 1.13. The van der Waals surface area contributed by atoms with Crippen LogP contribution in [-0.4, -0.2) is 20.3 Å². The third-order valence-electron chi connectivity index (χ3n) is 1.99. The number of hydrogen-bond acceptors (Lipinski definition) is 2. The van der Waals surface area contributed by atoms with Gasteiger partial charge in [0.25, 0.3) is 0 Å². The van der Waals surface area contributed by atoms with Crippen molar-refractivity contribution in [3.63, 3.8) is 0 Å². The van der Waals surface area contributed by atoms with E-state index in [-0.39, 0.29) is 5.75 Å². The zero-order valence-electron chi connectivity index (χ0n) is 8.59. The Hall–Kier alpha value is -0.963. The van der Waals surface area contributed by atoms with E-state index in [1.807, 2.05) is 12.1 Å². The van der Waals surface area contributed by atoms with E-state index in [0.29, 0.717) is 0 Å². The largest absolute Gasteiger partial charge is 0.508 e. The second kappa shape index (κ2) is 3.42. The van der Waals surface area contributed by atoms with Crippen LogP contribution in [0.15, 0.2) is 18.2 Å². The van der Waals surface area contributed by atoms with Gasteiger partial charge in [-0.2, -0.15) is 0 Å². The fraction of sp³-hybridized carbons (Fsp3) is 0.400. The van der Waals surface area contributed by atoms with Gasteiger partial charge in [-0.3, -0.25) is 0 Å². The van der Waals surface area contributed by atoms with Gasteiger partial charge in [0.05, 0.1) is 15.2 Å². The van der Waals surface area contributed by atoms with E-state index < -0.39 is 8.07 Å². The molecule has 0 aromatic heterocycles. The molecule has 3 heteroatoms.